The third kappa shape index (κ3) is 4.14. The molecule has 0 saturated carbocycles. The molecule has 0 saturated heterocycles. The zero-order valence-electron chi connectivity index (χ0n) is 30.8. The van der Waals surface area contributed by atoms with E-state index in [4.69, 9.17) is 30.0 Å². The highest BCUT2D eigenvalue weighted by Gasteiger charge is 2.47. The molecule has 59 heavy (non-hydrogen) atoms. The Morgan fingerprint density at radius 3 is 0.949 bits per heavy atom. The molecule has 4 aliphatic heterocycles. The summed E-state index contributed by atoms with van der Waals surface area (Å²) in [5, 5.41) is 10.8. The summed E-state index contributed by atoms with van der Waals surface area (Å²) in [6, 6.07) is 49.1. The summed E-state index contributed by atoms with van der Waals surface area (Å²) in [5.41, 5.74) is 3.85. The van der Waals surface area contributed by atoms with Crippen molar-refractivity contribution in [3.8, 4) is 0 Å². The summed E-state index contributed by atoms with van der Waals surface area (Å²) in [7, 11) is -5.04. The number of fused-ring (bicyclic) bond motifs is 18. The van der Waals surface area contributed by atoms with Crippen LogP contribution in [0.15, 0.2) is 176 Å². The molecule has 0 fully saturated rings. The highest BCUT2D eigenvalue weighted by molar-refractivity contribution is 6.63. The van der Waals surface area contributed by atoms with Crippen molar-refractivity contribution in [3.05, 3.63) is 179 Å². The fraction of sp³-hybridized carbons (Fsp3) is 0. The average Bonchev–Trinajstić information content (AvgIpc) is 3.95. The topological polar surface area (TPSA) is 124 Å². The van der Waals surface area contributed by atoms with Gasteiger partial charge in [-0.1, -0.05) is 97.1 Å². The fourth-order valence-corrected chi connectivity index (χ4v) is 11.4. The minimum atomic E-state index is -5.04. The molecule has 2 aromatic heterocycles. The summed E-state index contributed by atoms with van der Waals surface area (Å²) in [6.45, 7) is 0. The van der Waals surface area contributed by atoms with Crippen LogP contribution in [0.1, 0.15) is 22.3 Å². The van der Waals surface area contributed by atoms with E-state index in [-0.39, 0.29) is 0 Å². The van der Waals surface area contributed by atoms with Gasteiger partial charge in [0.1, 0.15) is 22.6 Å². The molecule has 6 bridgehead atoms. The Kier molecular flexibility index (Phi) is 5.76. The first-order valence-corrected chi connectivity index (χ1v) is 21.2. The number of hydrogen-bond donors (Lipinski definition) is 2. The highest BCUT2D eigenvalue weighted by atomic mass is 28.4. The van der Waals surface area contributed by atoms with Gasteiger partial charge in [-0.2, -0.15) is 0 Å². The van der Waals surface area contributed by atoms with Gasteiger partial charge in [0.05, 0.1) is 0 Å². The molecule has 0 atom stereocenters. The molecular weight excluding hydrogens is 749 g/mol. The van der Waals surface area contributed by atoms with Gasteiger partial charge < -0.3 is 9.59 Å². The van der Waals surface area contributed by atoms with Crippen LogP contribution in [0, 0.1) is 0 Å². The lowest BCUT2D eigenvalue weighted by Crippen LogP contribution is -2.60. The molecule has 0 spiro atoms. The largest absolute Gasteiger partial charge is 0.597 e. The van der Waals surface area contributed by atoms with Gasteiger partial charge >= 0.3 is 8.88 Å². The number of amidine groups is 4. The third-order valence-corrected chi connectivity index (χ3v) is 14.2. The van der Waals surface area contributed by atoms with Crippen molar-refractivity contribution in [3.63, 3.8) is 0 Å². The van der Waals surface area contributed by atoms with Gasteiger partial charge in [0.25, 0.3) is 0 Å². The molecule has 0 amide bonds. The van der Waals surface area contributed by atoms with Gasteiger partial charge in [0.15, 0.2) is 23.3 Å². The van der Waals surface area contributed by atoms with Crippen LogP contribution in [0.2, 0.25) is 0 Å². The maximum absolute atomic E-state index is 13.4. The first kappa shape index (κ1) is 31.4. The van der Waals surface area contributed by atoms with Crippen molar-refractivity contribution in [2.24, 2.45) is 30.0 Å². The van der Waals surface area contributed by atoms with Crippen molar-refractivity contribution < 1.29 is 9.59 Å². The molecule has 0 unspecified atom stereocenters. The van der Waals surface area contributed by atoms with Crippen molar-refractivity contribution in [1.82, 2.24) is 8.47 Å². The second kappa shape index (κ2) is 10.8. The van der Waals surface area contributed by atoms with Crippen LogP contribution >= 0.6 is 0 Å². The standard InChI is InChI=1S/C48H26N8O2Si/c57-59(58)55-45-37-21-29-13-5-6-14-30(29)22-38(37)47(55)53-43-35-19-27-11-3-4-12-28(27)20-36(35)44(50-43)54-48-40-24-32-16-8-7-15-31(32)23-39(40)46(56(48)59)52-42-34-18-26-10-2-1-9-25(26)17-33(34)41(49-42)51-45/h1-24,57-58H. The lowest BCUT2D eigenvalue weighted by molar-refractivity contribution is 0.324. The summed E-state index contributed by atoms with van der Waals surface area (Å²) in [5.74, 6) is 2.34. The van der Waals surface area contributed by atoms with E-state index in [9.17, 15) is 9.59 Å². The normalized spacial score (nSPS) is 15.8. The van der Waals surface area contributed by atoms with Crippen LogP contribution in [0.5, 0.6) is 0 Å². The van der Waals surface area contributed by atoms with Crippen LogP contribution in [0.4, 0.5) is 11.6 Å². The number of aliphatic imine (C=N–C) groups is 4. The maximum Gasteiger partial charge on any atom is 0.597 e. The first-order chi connectivity index (χ1) is 28.9. The summed E-state index contributed by atoms with van der Waals surface area (Å²) in [6.07, 6.45) is 0. The van der Waals surface area contributed by atoms with Crippen molar-refractivity contribution in [2.75, 3.05) is 0 Å². The van der Waals surface area contributed by atoms with E-state index in [1.165, 1.54) is 8.47 Å². The molecule has 0 aliphatic carbocycles. The predicted octanol–water partition coefficient (Wildman–Crippen LogP) is 7.97. The number of rotatable bonds is 0. The van der Waals surface area contributed by atoms with E-state index in [2.05, 4.69) is 72.8 Å². The number of hydrogen-bond acceptors (Lipinski definition) is 8. The molecule has 4 aliphatic rings. The van der Waals surface area contributed by atoms with Gasteiger partial charge in [0, 0.05) is 43.8 Å². The summed E-state index contributed by atoms with van der Waals surface area (Å²) >= 11 is 0. The Hall–Kier alpha value is -7.70. The predicted molar refractivity (Wildman–Crippen MR) is 236 cm³/mol. The molecule has 10 nitrogen and oxygen atoms in total. The van der Waals surface area contributed by atoms with E-state index in [0.717, 1.165) is 65.3 Å². The summed E-state index contributed by atoms with van der Waals surface area (Å²) < 4.78 is 3.07. The monoisotopic (exact) mass is 774 g/mol. The van der Waals surface area contributed by atoms with Gasteiger partial charge in [0.2, 0.25) is 0 Å². The molecule has 8 aromatic carbocycles. The molecule has 2 N–H and O–H groups in total. The van der Waals surface area contributed by atoms with Crippen LogP contribution in [-0.4, -0.2) is 50.3 Å². The molecule has 6 heterocycles. The highest BCUT2D eigenvalue weighted by Crippen LogP contribution is 2.44. The lowest BCUT2D eigenvalue weighted by Gasteiger charge is -2.23. The minimum absolute atomic E-state index is 0.323. The fourth-order valence-electron chi connectivity index (χ4n) is 9.42. The van der Waals surface area contributed by atoms with Gasteiger partial charge in [-0.25, -0.2) is 30.0 Å². The molecular formula is C48H26N8O2Si. The smallest absolute Gasteiger partial charge is 0.377 e. The van der Waals surface area contributed by atoms with Crippen LogP contribution in [0.25, 0.3) is 64.6 Å². The van der Waals surface area contributed by atoms with Gasteiger partial charge in [-0.05, 0) is 91.6 Å². The second-order valence-corrected chi connectivity index (χ2v) is 17.6. The van der Waals surface area contributed by atoms with Crippen LogP contribution in [-0.2, 0) is 0 Å². The van der Waals surface area contributed by atoms with E-state index >= 15 is 0 Å². The second-order valence-electron chi connectivity index (χ2n) is 15.5. The van der Waals surface area contributed by atoms with Gasteiger partial charge in [-0.3, -0.25) is 8.47 Å². The average molecular weight is 775 g/mol. The molecule has 11 heteroatoms. The Morgan fingerprint density at radius 2 is 0.610 bits per heavy atom. The molecule has 0 radical (unpaired) electrons. The number of nitrogens with zero attached hydrogens (tertiary/aromatic N) is 8. The minimum Gasteiger partial charge on any atom is -0.377 e. The number of aromatic nitrogens is 2. The Morgan fingerprint density at radius 1 is 0.322 bits per heavy atom. The van der Waals surface area contributed by atoms with E-state index in [1.807, 2.05) is 72.8 Å². The molecule has 274 valence electrons. The maximum atomic E-state index is 13.4. The van der Waals surface area contributed by atoms with Crippen molar-refractivity contribution in [1.29, 1.82) is 0 Å². The molecule has 14 rings (SSSR count). The Balaban J connectivity index is 1.25. The Labute approximate surface area is 334 Å². The quantitative estimate of drug-likeness (QED) is 0.152. The lowest BCUT2D eigenvalue weighted by atomic mass is 10.0. The van der Waals surface area contributed by atoms with E-state index < -0.39 is 8.88 Å². The van der Waals surface area contributed by atoms with E-state index in [0.29, 0.717) is 67.5 Å². The van der Waals surface area contributed by atoms with Crippen molar-refractivity contribution >= 4 is 108 Å². The number of benzene rings is 8. The zero-order chi connectivity index (χ0) is 38.7. The Bertz CT molecular complexity index is 3700. The molecule has 10 aromatic rings. The first-order valence-electron chi connectivity index (χ1n) is 19.4. The van der Waals surface area contributed by atoms with Crippen LogP contribution in [0.3, 0.4) is 0 Å². The van der Waals surface area contributed by atoms with E-state index in [1.54, 1.807) is 0 Å². The van der Waals surface area contributed by atoms with Crippen LogP contribution < -0.4 is 11.0 Å². The SMILES string of the molecule is O[Si]1(O)n2c3c4cc5ccccc5cc4c2N=C2N=C(N=c4c5cc6ccccc6cc5c(n41)=NC1=NC(=N3)c3cc4ccccc4cc31)c1cc3ccccc3cc12. The van der Waals surface area contributed by atoms with Crippen molar-refractivity contribution in [2.45, 2.75) is 0 Å². The third-order valence-electron chi connectivity index (χ3n) is 12.2. The summed E-state index contributed by atoms with van der Waals surface area (Å²) in [4.78, 5) is 58.5. The van der Waals surface area contributed by atoms with Gasteiger partial charge in [-0.15, -0.1) is 0 Å². The zero-order valence-corrected chi connectivity index (χ0v) is 31.8.